The maximum Gasteiger partial charge on any atom is 0.328 e. The molecule has 0 aliphatic carbocycles. The lowest BCUT2D eigenvalue weighted by Crippen LogP contribution is -2.43. The molecule has 0 spiro atoms. The summed E-state index contributed by atoms with van der Waals surface area (Å²) >= 11 is 0. The van der Waals surface area contributed by atoms with Crippen LogP contribution < -0.4 is 16.6 Å². The predicted molar refractivity (Wildman–Crippen MR) is 127 cm³/mol. The molecule has 0 radical (unpaired) electrons. The zero-order chi connectivity index (χ0) is 23.3. The highest BCUT2D eigenvalue weighted by molar-refractivity contribution is 5.78. The number of nitrogens with one attached hydrogen (secondary N) is 2. The second-order valence-electron chi connectivity index (χ2n) is 8.01. The number of aryl methyl sites for hydroxylation is 1. The van der Waals surface area contributed by atoms with Crippen molar-refractivity contribution < 1.29 is 9.90 Å². The number of aliphatic hydroxyl groups is 1. The van der Waals surface area contributed by atoms with Crippen LogP contribution in [-0.4, -0.2) is 27.1 Å². The molecular formula is C26H25N3O4. The molecule has 0 aliphatic heterocycles. The zero-order valence-corrected chi connectivity index (χ0v) is 18.0. The molecular weight excluding hydrogens is 418 g/mol. The van der Waals surface area contributed by atoms with E-state index in [0.717, 1.165) is 5.56 Å². The van der Waals surface area contributed by atoms with E-state index in [1.807, 2.05) is 60.7 Å². The van der Waals surface area contributed by atoms with E-state index in [2.05, 4.69) is 10.3 Å². The van der Waals surface area contributed by atoms with Crippen LogP contribution in [0.25, 0.3) is 10.9 Å². The van der Waals surface area contributed by atoms with E-state index in [1.165, 1.54) is 4.57 Å². The van der Waals surface area contributed by atoms with Gasteiger partial charge in [0.15, 0.2) is 0 Å². The number of nitrogens with zero attached hydrogens (tertiary/aromatic N) is 1. The Kier molecular flexibility index (Phi) is 6.51. The number of carbonyl (C=O) groups excluding carboxylic acids is 1. The van der Waals surface area contributed by atoms with Crippen LogP contribution in [0.2, 0.25) is 0 Å². The molecule has 3 N–H and O–H groups in total. The van der Waals surface area contributed by atoms with Gasteiger partial charge in [-0.1, -0.05) is 72.8 Å². The summed E-state index contributed by atoms with van der Waals surface area (Å²) in [6, 6.07) is 25.6. The molecule has 168 valence electrons. The lowest BCUT2D eigenvalue weighted by atomic mass is 9.87. The molecule has 0 saturated heterocycles. The van der Waals surface area contributed by atoms with Crippen molar-refractivity contribution in [2.45, 2.75) is 25.0 Å². The number of amides is 1. The van der Waals surface area contributed by atoms with E-state index in [4.69, 9.17) is 0 Å². The first-order valence-electron chi connectivity index (χ1n) is 10.8. The van der Waals surface area contributed by atoms with Crippen molar-refractivity contribution in [3.8, 4) is 0 Å². The number of hydrogen-bond acceptors (Lipinski definition) is 4. The molecule has 0 aliphatic rings. The Morgan fingerprint density at radius 2 is 1.55 bits per heavy atom. The lowest BCUT2D eigenvalue weighted by Gasteiger charge is -2.29. The minimum absolute atomic E-state index is 0.0199. The summed E-state index contributed by atoms with van der Waals surface area (Å²) in [5.41, 5.74) is -0.174. The summed E-state index contributed by atoms with van der Waals surface area (Å²) in [6.45, 7) is 0.121. The first-order chi connectivity index (χ1) is 16.0. The molecule has 33 heavy (non-hydrogen) atoms. The molecule has 1 aromatic heterocycles. The van der Waals surface area contributed by atoms with E-state index in [1.54, 1.807) is 24.3 Å². The fourth-order valence-corrected chi connectivity index (χ4v) is 3.96. The van der Waals surface area contributed by atoms with E-state index in [0.29, 0.717) is 22.9 Å². The molecule has 7 heteroatoms. The van der Waals surface area contributed by atoms with Gasteiger partial charge >= 0.3 is 5.69 Å². The van der Waals surface area contributed by atoms with Gasteiger partial charge in [0.2, 0.25) is 5.91 Å². The summed E-state index contributed by atoms with van der Waals surface area (Å²) in [7, 11) is 0. The molecule has 1 amide bonds. The topological polar surface area (TPSA) is 104 Å². The summed E-state index contributed by atoms with van der Waals surface area (Å²) in [4.78, 5) is 39.3. The number of rotatable bonds is 8. The molecule has 0 fully saturated rings. The maximum atomic E-state index is 12.7. The first kappa shape index (κ1) is 22.2. The largest absolute Gasteiger partial charge is 0.383 e. The summed E-state index contributed by atoms with van der Waals surface area (Å²) < 4.78 is 1.38. The highest BCUT2D eigenvalue weighted by Gasteiger charge is 2.30. The summed E-state index contributed by atoms with van der Waals surface area (Å²) in [5, 5.41) is 14.7. The van der Waals surface area contributed by atoms with Crippen molar-refractivity contribution in [1.82, 2.24) is 14.9 Å². The number of carbonyl (C=O) groups is 1. The third-order valence-corrected chi connectivity index (χ3v) is 5.70. The van der Waals surface area contributed by atoms with Crippen LogP contribution in [0.15, 0.2) is 94.5 Å². The second kappa shape index (κ2) is 9.67. The smallest absolute Gasteiger partial charge is 0.328 e. The highest BCUT2D eigenvalue weighted by Crippen LogP contribution is 2.25. The van der Waals surface area contributed by atoms with Gasteiger partial charge in [-0.15, -0.1) is 0 Å². The molecule has 4 rings (SSSR count). The van der Waals surface area contributed by atoms with Gasteiger partial charge < -0.3 is 10.4 Å². The lowest BCUT2D eigenvalue weighted by molar-refractivity contribution is -0.122. The van der Waals surface area contributed by atoms with Crippen LogP contribution in [0.1, 0.15) is 17.5 Å². The van der Waals surface area contributed by atoms with Crippen molar-refractivity contribution in [2.24, 2.45) is 0 Å². The standard InChI is InChI=1S/C26H25N3O4/c30-23(15-16-29-22-14-8-7-13-21(22)24(31)28-25(29)32)27-18-26(33,20-11-5-2-6-12-20)17-19-9-3-1-4-10-19/h1-14,33H,15-18H2,(H,27,30)(H,28,31,32). The Balaban J connectivity index is 1.48. The van der Waals surface area contributed by atoms with Crippen molar-refractivity contribution in [2.75, 3.05) is 6.54 Å². The van der Waals surface area contributed by atoms with Crippen molar-refractivity contribution in [1.29, 1.82) is 0 Å². The van der Waals surface area contributed by atoms with Gasteiger partial charge in [0, 0.05) is 19.4 Å². The van der Waals surface area contributed by atoms with Crippen LogP contribution in [0.5, 0.6) is 0 Å². The Morgan fingerprint density at radius 3 is 2.27 bits per heavy atom. The predicted octanol–water partition coefficient (Wildman–Crippen LogP) is 2.33. The monoisotopic (exact) mass is 443 g/mol. The minimum Gasteiger partial charge on any atom is -0.383 e. The Labute approximate surface area is 190 Å². The van der Waals surface area contributed by atoms with Crippen LogP contribution >= 0.6 is 0 Å². The molecule has 1 unspecified atom stereocenters. The quantitative estimate of drug-likeness (QED) is 0.389. The molecule has 4 aromatic rings. The molecule has 0 saturated carbocycles. The number of aromatic amines is 1. The van der Waals surface area contributed by atoms with E-state index in [9.17, 15) is 19.5 Å². The van der Waals surface area contributed by atoms with E-state index < -0.39 is 16.9 Å². The first-order valence-corrected chi connectivity index (χ1v) is 10.8. The third kappa shape index (κ3) is 5.10. The normalized spacial score (nSPS) is 12.9. The average Bonchev–Trinajstić information content (AvgIpc) is 2.84. The van der Waals surface area contributed by atoms with Gasteiger partial charge in [-0.05, 0) is 23.3 Å². The maximum absolute atomic E-state index is 12.7. The van der Waals surface area contributed by atoms with Gasteiger partial charge in [-0.2, -0.15) is 0 Å². The molecule has 0 bridgehead atoms. The number of fused-ring (bicyclic) bond motifs is 1. The number of benzene rings is 3. The summed E-state index contributed by atoms with van der Waals surface area (Å²) in [6.07, 6.45) is 0.355. The minimum atomic E-state index is -1.29. The fourth-order valence-electron chi connectivity index (χ4n) is 3.96. The number of H-pyrrole nitrogens is 1. The van der Waals surface area contributed by atoms with Crippen LogP contribution in [0.4, 0.5) is 0 Å². The Morgan fingerprint density at radius 1 is 0.909 bits per heavy atom. The number of hydrogen-bond donors (Lipinski definition) is 3. The number of para-hydroxylation sites is 1. The highest BCUT2D eigenvalue weighted by atomic mass is 16.3. The Hall–Kier alpha value is -3.97. The summed E-state index contributed by atoms with van der Waals surface area (Å²) in [5.74, 6) is -0.306. The molecule has 7 nitrogen and oxygen atoms in total. The van der Waals surface area contributed by atoms with Gasteiger partial charge in [0.1, 0.15) is 5.60 Å². The zero-order valence-electron chi connectivity index (χ0n) is 18.0. The average molecular weight is 444 g/mol. The fraction of sp³-hybridized carbons (Fsp3) is 0.192. The molecule has 1 heterocycles. The van der Waals surface area contributed by atoms with Gasteiger partial charge in [-0.25, -0.2) is 4.79 Å². The van der Waals surface area contributed by atoms with Crippen molar-refractivity contribution >= 4 is 16.8 Å². The van der Waals surface area contributed by atoms with Crippen molar-refractivity contribution in [3.05, 3.63) is 117 Å². The van der Waals surface area contributed by atoms with Gasteiger partial charge in [-0.3, -0.25) is 19.1 Å². The number of aromatic nitrogens is 2. The Bertz CT molecular complexity index is 1360. The van der Waals surface area contributed by atoms with Gasteiger partial charge in [0.05, 0.1) is 17.4 Å². The third-order valence-electron chi connectivity index (χ3n) is 5.70. The van der Waals surface area contributed by atoms with Crippen LogP contribution in [-0.2, 0) is 23.4 Å². The molecule has 1 atom stereocenters. The van der Waals surface area contributed by atoms with Crippen LogP contribution in [0.3, 0.4) is 0 Å². The SMILES string of the molecule is O=C(CCn1c(=O)[nH]c(=O)c2ccccc21)NCC(O)(Cc1ccccc1)c1ccccc1. The molecule has 3 aromatic carbocycles. The van der Waals surface area contributed by atoms with E-state index in [-0.39, 0.29) is 25.4 Å². The van der Waals surface area contributed by atoms with Gasteiger partial charge in [0.25, 0.3) is 5.56 Å². The second-order valence-corrected chi connectivity index (χ2v) is 8.01. The van der Waals surface area contributed by atoms with E-state index >= 15 is 0 Å². The van der Waals surface area contributed by atoms with Crippen LogP contribution in [0, 0.1) is 0 Å². The van der Waals surface area contributed by atoms with Crippen molar-refractivity contribution in [3.63, 3.8) is 0 Å².